The number of hydrogen-bond acceptors (Lipinski definition) is 5. The Morgan fingerprint density at radius 3 is 3.15 bits per heavy atom. The summed E-state index contributed by atoms with van der Waals surface area (Å²) in [7, 11) is 1.78. The van der Waals surface area contributed by atoms with Crippen molar-refractivity contribution in [2.45, 2.75) is 0 Å². The maximum atomic E-state index is 10.3. The highest BCUT2D eigenvalue weighted by Gasteiger charge is 1.98. The molecule has 68 valence electrons. The number of carboxylic acid groups (broad SMARTS) is 1. The summed E-state index contributed by atoms with van der Waals surface area (Å²) >= 11 is 1.02. The van der Waals surface area contributed by atoms with Crippen LogP contribution in [0.5, 0.6) is 0 Å². The van der Waals surface area contributed by atoms with Crippen molar-refractivity contribution in [1.82, 2.24) is 10.3 Å². The molecule has 0 spiro atoms. The standard InChI is InChI=1S/C8H8N2O2S/c1-9-4-2-3-6-5-13-7(10-6)8(11)12/h5,9H,4H2,1H3,(H,11,12)/p-1. The lowest BCUT2D eigenvalue weighted by molar-refractivity contribution is -0.255. The second-order valence-electron chi connectivity index (χ2n) is 2.16. The van der Waals surface area contributed by atoms with Crippen molar-refractivity contribution in [3.05, 3.63) is 16.1 Å². The first kappa shape index (κ1) is 9.71. The van der Waals surface area contributed by atoms with E-state index in [9.17, 15) is 9.90 Å². The summed E-state index contributed by atoms with van der Waals surface area (Å²) in [4.78, 5) is 14.1. The van der Waals surface area contributed by atoms with Gasteiger partial charge >= 0.3 is 0 Å². The number of carboxylic acids is 1. The van der Waals surface area contributed by atoms with Crippen LogP contribution in [-0.4, -0.2) is 24.5 Å². The molecule has 1 heterocycles. The SMILES string of the molecule is CNCC#Cc1csc(C(=O)[O-])n1. The average Bonchev–Trinajstić information content (AvgIpc) is 2.53. The van der Waals surface area contributed by atoms with Gasteiger partial charge < -0.3 is 15.2 Å². The Kier molecular flexibility index (Phi) is 3.43. The van der Waals surface area contributed by atoms with Crippen molar-refractivity contribution in [3.63, 3.8) is 0 Å². The van der Waals surface area contributed by atoms with Crippen LogP contribution in [0.3, 0.4) is 0 Å². The first-order valence-corrected chi connectivity index (χ1v) is 4.42. The molecule has 0 radical (unpaired) electrons. The van der Waals surface area contributed by atoms with Crippen molar-refractivity contribution in [2.75, 3.05) is 13.6 Å². The van der Waals surface area contributed by atoms with E-state index in [0.717, 1.165) is 11.3 Å². The molecule has 0 saturated carbocycles. The van der Waals surface area contributed by atoms with Gasteiger partial charge in [-0.1, -0.05) is 5.92 Å². The number of nitrogens with one attached hydrogen (secondary N) is 1. The van der Waals surface area contributed by atoms with Gasteiger partial charge in [-0.25, -0.2) is 4.98 Å². The van der Waals surface area contributed by atoms with E-state index in [2.05, 4.69) is 22.1 Å². The highest BCUT2D eigenvalue weighted by atomic mass is 32.1. The van der Waals surface area contributed by atoms with Gasteiger partial charge in [0.25, 0.3) is 0 Å². The third kappa shape index (κ3) is 2.86. The van der Waals surface area contributed by atoms with Crippen LogP contribution < -0.4 is 10.4 Å². The fraction of sp³-hybridized carbons (Fsp3) is 0.250. The lowest BCUT2D eigenvalue weighted by Gasteiger charge is -1.90. The minimum Gasteiger partial charge on any atom is -0.542 e. The van der Waals surface area contributed by atoms with Crippen LogP contribution >= 0.6 is 11.3 Å². The van der Waals surface area contributed by atoms with Gasteiger partial charge in [-0.15, -0.1) is 11.3 Å². The van der Waals surface area contributed by atoms with Crippen LogP contribution in [0.4, 0.5) is 0 Å². The van der Waals surface area contributed by atoms with Gasteiger partial charge in [-0.05, 0) is 13.0 Å². The summed E-state index contributed by atoms with van der Waals surface area (Å²) < 4.78 is 0. The Balaban J connectivity index is 2.71. The lowest BCUT2D eigenvalue weighted by Crippen LogP contribution is -2.21. The number of rotatable bonds is 2. The predicted molar refractivity (Wildman–Crippen MR) is 47.2 cm³/mol. The molecule has 0 unspecified atom stereocenters. The minimum absolute atomic E-state index is 0.0336. The summed E-state index contributed by atoms with van der Waals surface area (Å²) in [5.41, 5.74) is 0.472. The van der Waals surface area contributed by atoms with Gasteiger partial charge in [0.15, 0.2) is 0 Å². The maximum Gasteiger partial charge on any atom is 0.140 e. The molecule has 0 aliphatic carbocycles. The summed E-state index contributed by atoms with van der Waals surface area (Å²) in [5, 5.41) is 14.7. The number of nitrogens with zero attached hydrogens (tertiary/aromatic N) is 1. The van der Waals surface area contributed by atoms with Gasteiger partial charge in [0.2, 0.25) is 0 Å². The third-order valence-electron chi connectivity index (χ3n) is 1.16. The Morgan fingerprint density at radius 2 is 2.62 bits per heavy atom. The molecule has 1 aromatic heterocycles. The normalized spacial score (nSPS) is 9.00. The van der Waals surface area contributed by atoms with Crippen LogP contribution in [0, 0.1) is 11.8 Å². The molecule has 4 nitrogen and oxygen atoms in total. The number of hydrogen-bond donors (Lipinski definition) is 1. The molecular weight excluding hydrogens is 188 g/mol. The summed E-state index contributed by atoms with van der Waals surface area (Å²) in [6, 6.07) is 0. The second kappa shape index (κ2) is 4.60. The fourth-order valence-corrected chi connectivity index (χ4v) is 1.23. The molecule has 0 aromatic carbocycles. The van der Waals surface area contributed by atoms with Gasteiger partial charge in [-0.2, -0.15) is 0 Å². The Labute approximate surface area is 79.6 Å². The number of carbonyl (C=O) groups is 1. The molecule has 0 bridgehead atoms. The zero-order valence-electron chi connectivity index (χ0n) is 6.96. The third-order valence-corrected chi connectivity index (χ3v) is 1.98. The van der Waals surface area contributed by atoms with Crippen LogP contribution in [0.1, 0.15) is 15.5 Å². The topological polar surface area (TPSA) is 65.0 Å². The molecule has 0 amide bonds. The van der Waals surface area contributed by atoms with E-state index in [1.807, 2.05) is 0 Å². The van der Waals surface area contributed by atoms with Crippen LogP contribution in [0.25, 0.3) is 0 Å². The van der Waals surface area contributed by atoms with Crippen LogP contribution in [0.2, 0.25) is 0 Å². The largest absolute Gasteiger partial charge is 0.542 e. The van der Waals surface area contributed by atoms with E-state index in [1.54, 1.807) is 12.4 Å². The van der Waals surface area contributed by atoms with Crippen molar-refractivity contribution >= 4 is 17.3 Å². The zero-order chi connectivity index (χ0) is 9.68. The van der Waals surface area contributed by atoms with Crippen LogP contribution in [0.15, 0.2) is 5.38 Å². The smallest absolute Gasteiger partial charge is 0.140 e. The lowest BCUT2D eigenvalue weighted by atomic mass is 10.4. The highest BCUT2D eigenvalue weighted by molar-refractivity contribution is 7.11. The summed E-state index contributed by atoms with van der Waals surface area (Å²) in [5.74, 6) is 4.23. The fourth-order valence-electron chi connectivity index (χ4n) is 0.648. The average molecular weight is 195 g/mol. The van der Waals surface area contributed by atoms with Crippen molar-refractivity contribution in [2.24, 2.45) is 0 Å². The second-order valence-corrected chi connectivity index (χ2v) is 3.02. The molecule has 0 atom stereocenters. The quantitative estimate of drug-likeness (QED) is 0.620. The van der Waals surface area contributed by atoms with E-state index < -0.39 is 5.97 Å². The maximum absolute atomic E-state index is 10.3. The van der Waals surface area contributed by atoms with E-state index in [4.69, 9.17) is 0 Å². The van der Waals surface area contributed by atoms with Gasteiger partial charge in [0, 0.05) is 5.38 Å². The van der Waals surface area contributed by atoms with Gasteiger partial charge in [0.05, 0.1) is 6.54 Å². The summed E-state index contributed by atoms with van der Waals surface area (Å²) in [6.45, 7) is 0.554. The molecule has 1 N–H and O–H groups in total. The first-order chi connectivity index (χ1) is 6.24. The van der Waals surface area contributed by atoms with E-state index in [0.29, 0.717) is 12.2 Å². The molecule has 5 heteroatoms. The number of aromatic carboxylic acids is 1. The number of thiazole rings is 1. The number of aromatic nitrogens is 1. The molecule has 0 saturated heterocycles. The monoisotopic (exact) mass is 195 g/mol. The number of carbonyl (C=O) groups excluding carboxylic acids is 1. The molecule has 0 aliphatic heterocycles. The molecule has 1 aromatic rings. The van der Waals surface area contributed by atoms with Crippen molar-refractivity contribution < 1.29 is 9.90 Å². The van der Waals surface area contributed by atoms with Crippen molar-refractivity contribution in [1.29, 1.82) is 0 Å². The molecule has 13 heavy (non-hydrogen) atoms. The van der Waals surface area contributed by atoms with Gasteiger partial charge in [0.1, 0.15) is 16.7 Å². The highest BCUT2D eigenvalue weighted by Crippen LogP contribution is 2.06. The van der Waals surface area contributed by atoms with Crippen molar-refractivity contribution in [3.8, 4) is 11.8 Å². The Hall–Kier alpha value is -1.38. The molecular formula is C8H7N2O2S-. The molecule has 1 rings (SSSR count). The zero-order valence-corrected chi connectivity index (χ0v) is 7.77. The first-order valence-electron chi connectivity index (χ1n) is 3.54. The molecule has 0 aliphatic rings. The Bertz CT molecular complexity index is 362. The van der Waals surface area contributed by atoms with E-state index in [-0.39, 0.29) is 5.01 Å². The molecule has 0 fully saturated rings. The van der Waals surface area contributed by atoms with Crippen LogP contribution in [-0.2, 0) is 0 Å². The predicted octanol–water partition coefficient (Wildman–Crippen LogP) is -0.923. The van der Waals surface area contributed by atoms with E-state index in [1.165, 1.54) is 0 Å². The summed E-state index contributed by atoms with van der Waals surface area (Å²) in [6.07, 6.45) is 0. The minimum atomic E-state index is -1.26. The Morgan fingerprint density at radius 1 is 1.85 bits per heavy atom. The van der Waals surface area contributed by atoms with Gasteiger partial charge in [-0.3, -0.25) is 0 Å². The van der Waals surface area contributed by atoms with E-state index >= 15 is 0 Å².